The van der Waals surface area contributed by atoms with Crippen LogP contribution in [0, 0.1) is 5.92 Å². The van der Waals surface area contributed by atoms with Gasteiger partial charge in [0, 0.05) is 25.2 Å². The van der Waals surface area contributed by atoms with Gasteiger partial charge in [-0.15, -0.1) is 0 Å². The molecule has 2 heteroatoms. The van der Waals surface area contributed by atoms with Crippen LogP contribution < -0.4 is 5.32 Å². The predicted molar refractivity (Wildman–Crippen MR) is 84.8 cm³/mol. The van der Waals surface area contributed by atoms with Crippen molar-refractivity contribution in [3.8, 4) is 0 Å². The van der Waals surface area contributed by atoms with Gasteiger partial charge in [-0.25, -0.2) is 0 Å². The van der Waals surface area contributed by atoms with Crippen molar-refractivity contribution in [3.63, 3.8) is 0 Å². The molecular formula is C18H28N2. The monoisotopic (exact) mass is 272 g/mol. The molecule has 0 amide bonds. The fraction of sp³-hybridized carbons (Fsp3) is 0.667. The summed E-state index contributed by atoms with van der Waals surface area (Å²) in [6.45, 7) is 8.22. The molecule has 0 spiro atoms. The van der Waals surface area contributed by atoms with Gasteiger partial charge in [0.05, 0.1) is 0 Å². The van der Waals surface area contributed by atoms with Crippen LogP contribution in [0.1, 0.15) is 44.2 Å². The molecule has 20 heavy (non-hydrogen) atoms. The lowest BCUT2D eigenvalue weighted by Crippen LogP contribution is -2.45. The highest BCUT2D eigenvalue weighted by Crippen LogP contribution is 2.28. The van der Waals surface area contributed by atoms with Crippen LogP contribution in [0.4, 0.5) is 0 Å². The van der Waals surface area contributed by atoms with Crippen LogP contribution in [0.15, 0.2) is 24.3 Å². The van der Waals surface area contributed by atoms with E-state index in [0.717, 1.165) is 18.5 Å². The second-order valence-electron chi connectivity index (χ2n) is 6.96. The molecule has 1 aliphatic heterocycles. The van der Waals surface area contributed by atoms with Crippen LogP contribution in [0.25, 0.3) is 0 Å². The summed E-state index contributed by atoms with van der Waals surface area (Å²) in [5.41, 5.74) is 3.04. The van der Waals surface area contributed by atoms with Crippen LogP contribution >= 0.6 is 0 Å². The van der Waals surface area contributed by atoms with Crippen LogP contribution in [0.2, 0.25) is 0 Å². The molecule has 2 aliphatic rings. The maximum absolute atomic E-state index is 3.73. The minimum atomic E-state index is 0.637. The van der Waals surface area contributed by atoms with Crippen LogP contribution in [0.5, 0.6) is 0 Å². The lowest BCUT2D eigenvalue weighted by Gasteiger charge is -2.32. The quantitative estimate of drug-likeness (QED) is 0.855. The molecule has 0 bridgehead atoms. The van der Waals surface area contributed by atoms with Gasteiger partial charge in [0.15, 0.2) is 0 Å². The number of hydrogen-bond acceptors (Lipinski definition) is 2. The Morgan fingerprint density at radius 3 is 2.65 bits per heavy atom. The Labute approximate surface area is 123 Å². The normalized spacial score (nSPS) is 22.3. The Bertz CT molecular complexity index is 437. The summed E-state index contributed by atoms with van der Waals surface area (Å²) >= 11 is 0. The standard InChI is InChI=1S/C18H28N2/c1-14(2)9-10-20(18-7-8-18)13-17-11-15-5-3-4-6-16(15)12-19-17/h3-6,14,17-19H,7-13H2,1-2H3. The molecule has 0 saturated heterocycles. The van der Waals surface area contributed by atoms with E-state index in [4.69, 9.17) is 0 Å². The zero-order valence-electron chi connectivity index (χ0n) is 12.9. The Balaban J connectivity index is 1.57. The van der Waals surface area contributed by atoms with Crippen molar-refractivity contribution in [3.05, 3.63) is 35.4 Å². The fourth-order valence-corrected chi connectivity index (χ4v) is 3.22. The van der Waals surface area contributed by atoms with E-state index in [9.17, 15) is 0 Å². The van der Waals surface area contributed by atoms with Gasteiger partial charge >= 0.3 is 0 Å². The summed E-state index contributed by atoms with van der Waals surface area (Å²) in [5, 5.41) is 3.73. The van der Waals surface area contributed by atoms with Gasteiger partial charge in [-0.3, -0.25) is 4.90 Å². The third-order valence-corrected chi connectivity index (χ3v) is 4.68. The van der Waals surface area contributed by atoms with Crippen molar-refractivity contribution in [1.82, 2.24) is 10.2 Å². The number of benzene rings is 1. The molecule has 1 saturated carbocycles. The van der Waals surface area contributed by atoms with Crippen LogP contribution in [-0.4, -0.2) is 30.1 Å². The molecule has 1 aromatic rings. The van der Waals surface area contributed by atoms with Crippen molar-refractivity contribution >= 4 is 0 Å². The van der Waals surface area contributed by atoms with E-state index >= 15 is 0 Å². The smallest absolute Gasteiger partial charge is 0.0238 e. The number of hydrogen-bond donors (Lipinski definition) is 1. The van der Waals surface area contributed by atoms with Gasteiger partial charge in [0.25, 0.3) is 0 Å². The van der Waals surface area contributed by atoms with Crippen LogP contribution in [0.3, 0.4) is 0 Å². The van der Waals surface area contributed by atoms with Crippen molar-refractivity contribution in [2.75, 3.05) is 13.1 Å². The molecule has 1 fully saturated rings. The summed E-state index contributed by atoms with van der Waals surface area (Å²) in [4.78, 5) is 2.74. The van der Waals surface area contributed by atoms with Crippen molar-refractivity contribution in [2.45, 2.75) is 58.2 Å². The molecule has 1 N–H and O–H groups in total. The third kappa shape index (κ3) is 3.62. The van der Waals surface area contributed by atoms with E-state index < -0.39 is 0 Å². The van der Waals surface area contributed by atoms with E-state index in [1.165, 1.54) is 44.3 Å². The van der Waals surface area contributed by atoms with Gasteiger partial charge in [0.1, 0.15) is 0 Å². The summed E-state index contributed by atoms with van der Waals surface area (Å²) in [6.07, 6.45) is 5.36. The molecule has 0 radical (unpaired) electrons. The zero-order chi connectivity index (χ0) is 13.9. The minimum absolute atomic E-state index is 0.637. The summed E-state index contributed by atoms with van der Waals surface area (Å²) in [6, 6.07) is 10.4. The molecule has 110 valence electrons. The number of nitrogens with one attached hydrogen (secondary N) is 1. The maximum atomic E-state index is 3.73. The molecule has 1 heterocycles. The van der Waals surface area contributed by atoms with E-state index in [1.807, 2.05) is 0 Å². The Morgan fingerprint density at radius 1 is 1.20 bits per heavy atom. The lowest BCUT2D eigenvalue weighted by atomic mass is 9.95. The number of fused-ring (bicyclic) bond motifs is 1. The first kappa shape index (κ1) is 14.1. The van der Waals surface area contributed by atoms with Gasteiger partial charge < -0.3 is 5.32 Å². The second-order valence-corrected chi connectivity index (χ2v) is 6.96. The van der Waals surface area contributed by atoms with Crippen LogP contribution in [-0.2, 0) is 13.0 Å². The average molecular weight is 272 g/mol. The highest BCUT2D eigenvalue weighted by Gasteiger charge is 2.31. The molecule has 1 unspecified atom stereocenters. The Kier molecular flexibility index (Phi) is 4.42. The first-order valence-electron chi connectivity index (χ1n) is 8.26. The molecule has 3 rings (SSSR count). The highest BCUT2D eigenvalue weighted by atomic mass is 15.2. The van der Waals surface area contributed by atoms with Crippen molar-refractivity contribution in [1.29, 1.82) is 0 Å². The summed E-state index contributed by atoms with van der Waals surface area (Å²) in [5.74, 6) is 0.816. The highest BCUT2D eigenvalue weighted by molar-refractivity contribution is 5.30. The summed E-state index contributed by atoms with van der Waals surface area (Å²) in [7, 11) is 0. The van der Waals surface area contributed by atoms with E-state index in [2.05, 4.69) is 48.3 Å². The topological polar surface area (TPSA) is 15.3 Å². The molecule has 1 aromatic carbocycles. The van der Waals surface area contributed by atoms with E-state index in [0.29, 0.717) is 6.04 Å². The van der Waals surface area contributed by atoms with Gasteiger partial charge in [-0.05, 0) is 49.3 Å². The van der Waals surface area contributed by atoms with Crippen molar-refractivity contribution in [2.24, 2.45) is 5.92 Å². The molecule has 2 nitrogen and oxygen atoms in total. The Hall–Kier alpha value is -0.860. The van der Waals surface area contributed by atoms with Gasteiger partial charge in [0.2, 0.25) is 0 Å². The largest absolute Gasteiger partial charge is 0.308 e. The molecular weight excluding hydrogens is 244 g/mol. The SMILES string of the molecule is CC(C)CCN(CC1Cc2ccccc2CN1)C1CC1. The van der Waals surface area contributed by atoms with Gasteiger partial charge in [-0.1, -0.05) is 38.1 Å². The van der Waals surface area contributed by atoms with Crippen molar-refractivity contribution < 1.29 is 0 Å². The summed E-state index contributed by atoms with van der Waals surface area (Å²) < 4.78 is 0. The average Bonchev–Trinajstić information content (AvgIpc) is 3.27. The Morgan fingerprint density at radius 2 is 1.95 bits per heavy atom. The van der Waals surface area contributed by atoms with E-state index in [-0.39, 0.29) is 0 Å². The predicted octanol–water partition coefficient (Wildman–Crippen LogP) is 3.21. The number of nitrogens with zero attached hydrogens (tertiary/aromatic N) is 1. The molecule has 1 aliphatic carbocycles. The lowest BCUT2D eigenvalue weighted by molar-refractivity contribution is 0.215. The third-order valence-electron chi connectivity index (χ3n) is 4.68. The fourth-order valence-electron chi connectivity index (χ4n) is 3.22. The zero-order valence-corrected chi connectivity index (χ0v) is 12.9. The first-order valence-corrected chi connectivity index (χ1v) is 8.26. The molecule has 1 atom stereocenters. The molecule has 0 aromatic heterocycles. The first-order chi connectivity index (χ1) is 9.72. The minimum Gasteiger partial charge on any atom is -0.308 e. The van der Waals surface area contributed by atoms with E-state index in [1.54, 1.807) is 5.56 Å². The second kappa shape index (κ2) is 6.28. The van der Waals surface area contributed by atoms with Gasteiger partial charge in [-0.2, -0.15) is 0 Å². The maximum Gasteiger partial charge on any atom is 0.0238 e. The number of rotatable bonds is 6.